The highest BCUT2D eigenvalue weighted by molar-refractivity contribution is 7.14. The number of aldehydes is 1. The minimum atomic E-state index is -0.294. The van der Waals surface area contributed by atoms with E-state index in [2.05, 4.69) is 10.3 Å². The van der Waals surface area contributed by atoms with Crippen molar-refractivity contribution in [2.75, 3.05) is 5.32 Å². The summed E-state index contributed by atoms with van der Waals surface area (Å²) in [6.45, 7) is 1.80. The van der Waals surface area contributed by atoms with Gasteiger partial charge in [0.1, 0.15) is 11.3 Å². The van der Waals surface area contributed by atoms with Crippen molar-refractivity contribution in [1.82, 2.24) is 4.98 Å². The lowest BCUT2D eigenvalue weighted by molar-refractivity contribution is -0.119. The first-order valence-electron chi connectivity index (χ1n) is 3.37. The molecule has 0 saturated carbocycles. The van der Waals surface area contributed by atoms with Crippen LogP contribution in [-0.4, -0.2) is 17.2 Å². The van der Waals surface area contributed by atoms with E-state index in [1.54, 1.807) is 12.4 Å². The third-order valence-corrected chi connectivity index (χ3v) is 2.11. The standard InChI is InChI=1S/C7H8N2O2S/c1-5-7(12-4-8-5)9-6(11)2-3-10/h3-4H,2H2,1H3,(H,9,11). The first kappa shape index (κ1) is 8.86. The molecule has 0 atom stereocenters. The summed E-state index contributed by atoms with van der Waals surface area (Å²) < 4.78 is 0. The topological polar surface area (TPSA) is 59.1 Å². The smallest absolute Gasteiger partial charge is 0.232 e. The van der Waals surface area contributed by atoms with Crippen LogP contribution >= 0.6 is 11.3 Å². The Morgan fingerprint density at radius 2 is 2.58 bits per heavy atom. The van der Waals surface area contributed by atoms with Crippen molar-refractivity contribution in [3.63, 3.8) is 0 Å². The number of thiazole rings is 1. The van der Waals surface area contributed by atoms with E-state index in [-0.39, 0.29) is 12.3 Å². The minimum absolute atomic E-state index is 0.0999. The van der Waals surface area contributed by atoms with Crippen molar-refractivity contribution >= 4 is 28.5 Å². The number of anilines is 1. The maximum absolute atomic E-state index is 10.9. The number of rotatable bonds is 3. The lowest BCUT2D eigenvalue weighted by Gasteiger charge is -1.98. The SMILES string of the molecule is Cc1ncsc1NC(=O)CC=O. The van der Waals surface area contributed by atoms with Crippen LogP contribution in [0.4, 0.5) is 5.00 Å². The molecule has 1 aromatic rings. The van der Waals surface area contributed by atoms with Gasteiger partial charge in [-0.3, -0.25) is 4.79 Å². The van der Waals surface area contributed by atoms with Gasteiger partial charge in [-0.15, -0.1) is 11.3 Å². The third kappa shape index (κ3) is 2.13. The average molecular weight is 184 g/mol. The molecule has 1 amide bonds. The normalized spacial score (nSPS) is 9.42. The summed E-state index contributed by atoms with van der Waals surface area (Å²) in [5.41, 5.74) is 2.42. The Labute approximate surface area is 73.6 Å². The number of nitrogens with zero attached hydrogens (tertiary/aromatic N) is 1. The average Bonchev–Trinajstić information content (AvgIpc) is 2.37. The Kier molecular flexibility index (Phi) is 2.93. The maximum atomic E-state index is 10.9. The van der Waals surface area contributed by atoms with Crippen LogP contribution < -0.4 is 5.32 Å². The summed E-state index contributed by atoms with van der Waals surface area (Å²) in [6.07, 6.45) is 0.475. The van der Waals surface area contributed by atoms with E-state index < -0.39 is 0 Å². The van der Waals surface area contributed by atoms with E-state index in [1.165, 1.54) is 11.3 Å². The largest absolute Gasteiger partial charge is 0.316 e. The first-order valence-corrected chi connectivity index (χ1v) is 4.25. The van der Waals surface area contributed by atoms with Gasteiger partial charge in [0.25, 0.3) is 0 Å². The molecular formula is C7H8N2O2S. The summed E-state index contributed by atoms with van der Waals surface area (Å²) in [4.78, 5) is 24.8. The molecule has 0 aromatic carbocycles. The fraction of sp³-hybridized carbons (Fsp3) is 0.286. The van der Waals surface area contributed by atoms with Crippen LogP contribution in [0.15, 0.2) is 5.51 Å². The van der Waals surface area contributed by atoms with Crippen molar-refractivity contribution in [1.29, 1.82) is 0 Å². The number of hydrogen-bond acceptors (Lipinski definition) is 4. The van der Waals surface area contributed by atoms with Crippen LogP contribution in [0.5, 0.6) is 0 Å². The fourth-order valence-electron chi connectivity index (χ4n) is 0.675. The Hall–Kier alpha value is -1.23. The maximum Gasteiger partial charge on any atom is 0.232 e. The monoisotopic (exact) mass is 184 g/mol. The Balaban J connectivity index is 2.57. The molecule has 1 N–H and O–H groups in total. The van der Waals surface area contributed by atoms with Gasteiger partial charge in [-0.2, -0.15) is 0 Å². The second-order valence-electron chi connectivity index (χ2n) is 2.19. The molecule has 5 heteroatoms. The summed E-state index contributed by atoms with van der Waals surface area (Å²) in [5.74, 6) is -0.294. The Morgan fingerprint density at radius 1 is 1.83 bits per heavy atom. The number of carbonyl (C=O) groups excluding carboxylic acids is 2. The number of nitrogens with one attached hydrogen (secondary N) is 1. The second kappa shape index (κ2) is 3.96. The molecule has 1 rings (SSSR count). The van der Waals surface area contributed by atoms with Crippen molar-refractivity contribution < 1.29 is 9.59 Å². The predicted molar refractivity (Wildman–Crippen MR) is 46.2 cm³/mol. The number of hydrogen-bond donors (Lipinski definition) is 1. The van der Waals surface area contributed by atoms with E-state index >= 15 is 0 Å². The summed E-state index contributed by atoms with van der Waals surface area (Å²) in [7, 11) is 0. The molecule has 0 aliphatic rings. The molecule has 1 heterocycles. The quantitative estimate of drug-likeness (QED) is 0.562. The van der Waals surface area contributed by atoms with E-state index in [1.807, 2.05) is 0 Å². The molecule has 0 radical (unpaired) electrons. The van der Waals surface area contributed by atoms with Crippen LogP contribution in [0.3, 0.4) is 0 Å². The molecule has 0 spiro atoms. The predicted octanol–water partition coefficient (Wildman–Crippen LogP) is 0.979. The molecule has 1 aromatic heterocycles. The van der Waals surface area contributed by atoms with E-state index in [4.69, 9.17) is 0 Å². The highest BCUT2D eigenvalue weighted by Crippen LogP contribution is 2.18. The van der Waals surface area contributed by atoms with Gasteiger partial charge in [0.15, 0.2) is 0 Å². The van der Waals surface area contributed by atoms with Gasteiger partial charge >= 0.3 is 0 Å². The Morgan fingerprint density at radius 3 is 3.08 bits per heavy atom. The van der Waals surface area contributed by atoms with Crippen molar-refractivity contribution in [2.45, 2.75) is 13.3 Å². The number of aryl methyl sites for hydroxylation is 1. The zero-order valence-electron chi connectivity index (χ0n) is 6.53. The van der Waals surface area contributed by atoms with E-state index in [0.717, 1.165) is 5.69 Å². The fourth-order valence-corrected chi connectivity index (χ4v) is 1.39. The number of amides is 1. The Bertz CT molecular complexity index is 295. The van der Waals surface area contributed by atoms with Crippen LogP contribution in [0.1, 0.15) is 12.1 Å². The lowest BCUT2D eigenvalue weighted by atomic mass is 10.4. The van der Waals surface area contributed by atoms with E-state index in [0.29, 0.717) is 11.3 Å². The molecule has 4 nitrogen and oxygen atoms in total. The zero-order chi connectivity index (χ0) is 8.97. The van der Waals surface area contributed by atoms with Crippen LogP contribution in [-0.2, 0) is 9.59 Å². The molecular weight excluding hydrogens is 176 g/mol. The zero-order valence-corrected chi connectivity index (χ0v) is 7.35. The minimum Gasteiger partial charge on any atom is -0.316 e. The summed E-state index contributed by atoms with van der Waals surface area (Å²) >= 11 is 1.34. The third-order valence-electron chi connectivity index (χ3n) is 1.27. The van der Waals surface area contributed by atoms with Crippen molar-refractivity contribution in [3.8, 4) is 0 Å². The molecule has 12 heavy (non-hydrogen) atoms. The second-order valence-corrected chi connectivity index (χ2v) is 3.04. The highest BCUT2D eigenvalue weighted by atomic mass is 32.1. The molecule has 0 unspecified atom stereocenters. The van der Waals surface area contributed by atoms with Crippen LogP contribution in [0, 0.1) is 6.92 Å². The molecule has 0 fully saturated rings. The number of carbonyl (C=O) groups is 2. The first-order chi connectivity index (χ1) is 5.74. The van der Waals surface area contributed by atoms with Crippen molar-refractivity contribution in [3.05, 3.63) is 11.2 Å². The molecule has 0 aliphatic heterocycles. The van der Waals surface area contributed by atoms with Gasteiger partial charge in [-0.25, -0.2) is 4.98 Å². The van der Waals surface area contributed by atoms with Crippen molar-refractivity contribution in [2.24, 2.45) is 0 Å². The van der Waals surface area contributed by atoms with Gasteiger partial charge in [-0.1, -0.05) is 0 Å². The van der Waals surface area contributed by atoms with Crippen LogP contribution in [0.2, 0.25) is 0 Å². The molecule has 0 saturated heterocycles. The summed E-state index contributed by atoms with van der Waals surface area (Å²) in [6, 6.07) is 0. The molecule has 0 aliphatic carbocycles. The lowest BCUT2D eigenvalue weighted by Crippen LogP contribution is -2.11. The van der Waals surface area contributed by atoms with Gasteiger partial charge < -0.3 is 10.1 Å². The molecule has 0 bridgehead atoms. The summed E-state index contributed by atoms with van der Waals surface area (Å²) in [5, 5.41) is 3.29. The highest BCUT2D eigenvalue weighted by Gasteiger charge is 2.04. The van der Waals surface area contributed by atoms with E-state index in [9.17, 15) is 9.59 Å². The van der Waals surface area contributed by atoms with Gasteiger partial charge in [0.05, 0.1) is 17.6 Å². The number of aromatic nitrogens is 1. The van der Waals surface area contributed by atoms with Crippen LogP contribution in [0.25, 0.3) is 0 Å². The van der Waals surface area contributed by atoms with Gasteiger partial charge in [-0.05, 0) is 6.92 Å². The van der Waals surface area contributed by atoms with Gasteiger partial charge in [0, 0.05) is 0 Å². The van der Waals surface area contributed by atoms with Gasteiger partial charge in [0.2, 0.25) is 5.91 Å². The molecule has 64 valence electrons.